The van der Waals surface area contributed by atoms with Gasteiger partial charge in [0.05, 0.1) is 5.46 Å². The number of ether oxygens (including phenoxy) is 2. The van der Waals surface area contributed by atoms with Gasteiger partial charge in [-0.1, -0.05) is 42.5 Å². The summed E-state index contributed by atoms with van der Waals surface area (Å²) in [7, 11) is -1.71. The molecule has 0 aliphatic carbocycles. The van der Waals surface area contributed by atoms with E-state index in [1.165, 1.54) is 0 Å². The van der Waals surface area contributed by atoms with Crippen molar-refractivity contribution < 1.29 is 19.5 Å². The molecule has 4 nitrogen and oxygen atoms in total. The van der Waals surface area contributed by atoms with Crippen LogP contribution in [-0.2, 0) is 0 Å². The lowest BCUT2D eigenvalue weighted by Gasteiger charge is -2.15. The summed E-state index contributed by atoms with van der Waals surface area (Å²) < 4.78 is 11.5. The molecule has 0 aliphatic heterocycles. The zero-order valence-corrected chi connectivity index (χ0v) is 12.3. The molecule has 2 N–H and O–H groups in total. The van der Waals surface area contributed by atoms with E-state index < -0.39 is 7.12 Å². The van der Waals surface area contributed by atoms with Gasteiger partial charge < -0.3 is 19.5 Å². The lowest BCUT2D eigenvalue weighted by atomic mass is 9.78. The standard InChI is InChI=1S/C18H15BO4/c20-19(21)18-16(22-14-8-3-1-4-9-14)12-7-13-17(18)23-15-10-5-2-6-11-15/h1-13,20-21H. The zero-order valence-electron chi connectivity index (χ0n) is 12.3. The Morgan fingerprint density at radius 3 is 1.39 bits per heavy atom. The van der Waals surface area contributed by atoms with Crippen LogP contribution >= 0.6 is 0 Å². The lowest BCUT2D eigenvalue weighted by Crippen LogP contribution is -2.32. The van der Waals surface area contributed by atoms with Crippen LogP contribution in [0.15, 0.2) is 78.9 Å². The average molecular weight is 306 g/mol. The molecule has 0 spiro atoms. The molecule has 0 bridgehead atoms. The molecule has 3 aromatic carbocycles. The molecule has 0 aromatic heterocycles. The fraction of sp³-hybridized carbons (Fsp3) is 0. The van der Waals surface area contributed by atoms with Crippen molar-refractivity contribution in [2.75, 3.05) is 0 Å². The fourth-order valence-electron chi connectivity index (χ4n) is 2.19. The van der Waals surface area contributed by atoms with Gasteiger partial charge in [0.2, 0.25) is 0 Å². The third-order valence-corrected chi connectivity index (χ3v) is 3.23. The first-order valence-corrected chi connectivity index (χ1v) is 7.19. The predicted molar refractivity (Wildman–Crippen MR) is 89.3 cm³/mol. The Bertz CT molecular complexity index is 701. The number of para-hydroxylation sites is 2. The van der Waals surface area contributed by atoms with Crippen LogP contribution in [0.4, 0.5) is 0 Å². The fourth-order valence-corrected chi connectivity index (χ4v) is 2.19. The highest BCUT2D eigenvalue weighted by molar-refractivity contribution is 6.61. The van der Waals surface area contributed by atoms with Crippen molar-refractivity contribution in [2.24, 2.45) is 0 Å². The smallest absolute Gasteiger partial charge is 0.458 e. The molecule has 23 heavy (non-hydrogen) atoms. The maximum absolute atomic E-state index is 9.74. The summed E-state index contributed by atoms with van der Waals surface area (Å²) in [6.45, 7) is 0. The van der Waals surface area contributed by atoms with E-state index in [2.05, 4.69) is 0 Å². The van der Waals surface area contributed by atoms with Gasteiger partial charge in [-0.2, -0.15) is 0 Å². The van der Waals surface area contributed by atoms with Crippen LogP contribution in [0.25, 0.3) is 0 Å². The number of benzene rings is 3. The molecular weight excluding hydrogens is 291 g/mol. The third-order valence-electron chi connectivity index (χ3n) is 3.23. The minimum Gasteiger partial charge on any atom is -0.458 e. The molecule has 3 rings (SSSR count). The molecular formula is C18H15BO4. The summed E-state index contributed by atoms with van der Waals surface area (Å²) in [4.78, 5) is 0. The number of hydrogen-bond donors (Lipinski definition) is 2. The molecule has 3 aromatic rings. The molecule has 0 saturated carbocycles. The Labute approximate surface area is 134 Å². The van der Waals surface area contributed by atoms with Gasteiger partial charge >= 0.3 is 7.12 Å². The van der Waals surface area contributed by atoms with Crippen LogP contribution < -0.4 is 14.9 Å². The molecule has 0 amide bonds. The second kappa shape index (κ2) is 7.00. The van der Waals surface area contributed by atoms with Crippen LogP contribution in [0.2, 0.25) is 0 Å². The Balaban J connectivity index is 1.95. The van der Waals surface area contributed by atoms with E-state index in [1.54, 1.807) is 42.5 Å². The summed E-state index contributed by atoms with van der Waals surface area (Å²) in [6, 6.07) is 23.4. The second-order valence-electron chi connectivity index (χ2n) is 4.87. The SMILES string of the molecule is OB(O)c1c(Oc2ccccc2)cccc1Oc1ccccc1. The van der Waals surface area contributed by atoms with E-state index in [4.69, 9.17) is 9.47 Å². The quantitative estimate of drug-likeness (QED) is 0.712. The summed E-state index contributed by atoms with van der Waals surface area (Å²) in [5.74, 6) is 1.87. The van der Waals surface area contributed by atoms with Gasteiger partial charge in [-0.25, -0.2) is 0 Å². The Morgan fingerprint density at radius 1 is 0.565 bits per heavy atom. The average Bonchev–Trinajstić information content (AvgIpc) is 2.56. The van der Waals surface area contributed by atoms with E-state index in [9.17, 15) is 10.0 Å². The molecule has 0 heterocycles. The van der Waals surface area contributed by atoms with E-state index >= 15 is 0 Å². The van der Waals surface area contributed by atoms with Crippen LogP contribution in [0, 0.1) is 0 Å². The Kier molecular flexibility index (Phi) is 4.61. The monoisotopic (exact) mass is 306 g/mol. The van der Waals surface area contributed by atoms with Crippen LogP contribution in [0.1, 0.15) is 0 Å². The molecule has 0 aliphatic rings. The Morgan fingerprint density at radius 2 is 1.00 bits per heavy atom. The number of hydrogen-bond acceptors (Lipinski definition) is 4. The third kappa shape index (κ3) is 3.72. The molecule has 0 atom stereocenters. The largest absolute Gasteiger partial charge is 0.496 e. The van der Waals surface area contributed by atoms with Crippen LogP contribution in [0.3, 0.4) is 0 Å². The second-order valence-corrected chi connectivity index (χ2v) is 4.87. The molecule has 0 saturated heterocycles. The summed E-state index contributed by atoms with van der Waals surface area (Å²) >= 11 is 0. The summed E-state index contributed by atoms with van der Waals surface area (Å²) in [5.41, 5.74) is 0.181. The normalized spacial score (nSPS) is 10.2. The highest BCUT2D eigenvalue weighted by Gasteiger charge is 2.23. The van der Waals surface area contributed by atoms with Gasteiger partial charge in [0, 0.05) is 0 Å². The molecule has 114 valence electrons. The number of rotatable bonds is 5. The molecule has 0 unspecified atom stereocenters. The minimum absolute atomic E-state index is 0.181. The maximum atomic E-state index is 9.74. The van der Waals surface area contributed by atoms with Crippen molar-refractivity contribution in [2.45, 2.75) is 0 Å². The lowest BCUT2D eigenvalue weighted by molar-refractivity contribution is 0.414. The highest BCUT2D eigenvalue weighted by atomic mass is 16.5. The van der Waals surface area contributed by atoms with Crippen molar-refractivity contribution in [1.82, 2.24) is 0 Å². The minimum atomic E-state index is -1.71. The molecule has 0 fully saturated rings. The van der Waals surface area contributed by atoms with Gasteiger partial charge in [-0.15, -0.1) is 0 Å². The van der Waals surface area contributed by atoms with Crippen LogP contribution in [0.5, 0.6) is 23.0 Å². The van der Waals surface area contributed by atoms with Gasteiger partial charge in [-0.3, -0.25) is 0 Å². The molecule has 5 heteroatoms. The first-order valence-electron chi connectivity index (χ1n) is 7.19. The van der Waals surface area contributed by atoms with E-state index in [0.29, 0.717) is 23.0 Å². The van der Waals surface area contributed by atoms with Gasteiger partial charge in [0.15, 0.2) is 0 Å². The van der Waals surface area contributed by atoms with Crippen molar-refractivity contribution in [3.63, 3.8) is 0 Å². The van der Waals surface area contributed by atoms with E-state index in [-0.39, 0.29) is 5.46 Å². The van der Waals surface area contributed by atoms with E-state index in [0.717, 1.165) is 0 Å². The summed E-state index contributed by atoms with van der Waals surface area (Å²) in [6.07, 6.45) is 0. The maximum Gasteiger partial charge on any atom is 0.496 e. The van der Waals surface area contributed by atoms with Gasteiger partial charge in [0.25, 0.3) is 0 Å². The van der Waals surface area contributed by atoms with Gasteiger partial charge in [0.1, 0.15) is 23.0 Å². The van der Waals surface area contributed by atoms with E-state index in [1.807, 2.05) is 36.4 Å². The first-order chi connectivity index (χ1) is 11.2. The van der Waals surface area contributed by atoms with Crippen molar-refractivity contribution >= 4 is 12.6 Å². The van der Waals surface area contributed by atoms with Gasteiger partial charge in [-0.05, 0) is 36.4 Å². The topological polar surface area (TPSA) is 58.9 Å². The molecule has 0 radical (unpaired) electrons. The van der Waals surface area contributed by atoms with Crippen LogP contribution in [-0.4, -0.2) is 17.2 Å². The predicted octanol–water partition coefficient (Wildman–Crippen LogP) is 2.95. The Hall–Kier alpha value is -2.76. The zero-order chi connectivity index (χ0) is 16.1. The highest BCUT2D eigenvalue weighted by Crippen LogP contribution is 2.26. The van der Waals surface area contributed by atoms with Crippen molar-refractivity contribution in [3.05, 3.63) is 78.9 Å². The first kappa shape index (κ1) is 15.2. The van der Waals surface area contributed by atoms with Crippen molar-refractivity contribution in [1.29, 1.82) is 0 Å². The summed E-state index contributed by atoms with van der Waals surface area (Å²) in [5, 5.41) is 19.5. The van der Waals surface area contributed by atoms with Crippen molar-refractivity contribution in [3.8, 4) is 23.0 Å².